The monoisotopic (exact) mass is 386 g/mol. The number of hydrogen-bond acceptors (Lipinski definition) is 7. The van der Waals surface area contributed by atoms with Gasteiger partial charge in [-0.25, -0.2) is 14.6 Å². The lowest BCUT2D eigenvalue weighted by atomic mass is 10.2. The fourth-order valence-electron chi connectivity index (χ4n) is 2.88. The quantitative estimate of drug-likeness (QED) is 0.517. The molecule has 0 aromatic carbocycles. The first-order valence-corrected chi connectivity index (χ1v) is 8.92. The van der Waals surface area contributed by atoms with Crippen LogP contribution in [0.3, 0.4) is 0 Å². The molecule has 0 saturated heterocycles. The molecular weight excluding hydrogens is 368 g/mol. The van der Waals surface area contributed by atoms with Gasteiger partial charge in [-0.15, -0.1) is 0 Å². The van der Waals surface area contributed by atoms with Gasteiger partial charge in [0.2, 0.25) is 0 Å². The van der Waals surface area contributed by atoms with E-state index in [0.717, 1.165) is 11.3 Å². The van der Waals surface area contributed by atoms with Crippen LogP contribution in [-0.2, 0) is 6.54 Å². The van der Waals surface area contributed by atoms with Gasteiger partial charge in [-0.1, -0.05) is 0 Å². The molecule has 0 fully saturated rings. The molecule has 0 aliphatic rings. The van der Waals surface area contributed by atoms with E-state index in [4.69, 9.17) is 0 Å². The maximum absolute atomic E-state index is 12.9. The molecule has 0 N–H and O–H groups in total. The fraction of sp³-hybridized carbons (Fsp3) is 0.150. The summed E-state index contributed by atoms with van der Waals surface area (Å²) in [6.07, 6.45) is 11.5. The lowest BCUT2D eigenvalue weighted by Crippen LogP contribution is -2.27. The van der Waals surface area contributed by atoms with Gasteiger partial charge >= 0.3 is 0 Å². The summed E-state index contributed by atoms with van der Waals surface area (Å²) < 4.78 is 1.56. The first-order valence-electron chi connectivity index (χ1n) is 8.92. The van der Waals surface area contributed by atoms with Crippen molar-refractivity contribution in [1.82, 2.24) is 39.6 Å². The lowest BCUT2D eigenvalue weighted by Gasteiger charge is -2.16. The molecule has 0 bridgehead atoms. The third-order valence-corrected chi connectivity index (χ3v) is 4.39. The molecule has 144 valence electrons. The standard InChI is InChI=1S/C20H18N8O/c1-14-17(19(29)27(2)13-16-11-22-8-9-23-16)12-25-28(14)20-24-7-5-18(26-20)15-4-3-6-21-10-15/h3-12H,13H2,1-2H3. The first-order chi connectivity index (χ1) is 14.1. The molecule has 29 heavy (non-hydrogen) atoms. The molecular formula is C20H18N8O. The first kappa shape index (κ1) is 18.4. The van der Waals surface area contributed by atoms with Gasteiger partial charge in [-0.05, 0) is 25.1 Å². The number of aromatic nitrogens is 7. The van der Waals surface area contributed by atoms with Gasteiger partial charge in [-0.3, -0.25) is 19.7 Å². The summed E-state index contributed by atoms with van der Waals surface area (Å²) in [6, 6.07) is 5.57. The summed E-state index contributed by atoms with van der Waals surface area (Å²) in [5.74, 6) is 0.224. The normalized spacial score (nSPS) is 10.7. The zero-order chi connectivity index (χ0) is 20.2. The van der Waals surface area contributed by atoms with Gasteiger partial charge < -0.3 is 4.90 Å². The molecule has 0 atom stereocenters. The third kappa shape index (κ3) is 3.84. The van der Waals surface area contributed by atoms with E-state index in [0.29, 0.717) is 29.4 Å². The minimum absolute atomic E-state index is 0.164. The SMILES string of the molecule is Cc1c(C(=O)N(C)Cc2cnccn2)cnn1-c1nccc(-c2cccnc2)n1. The number of rotatable bonds is 5. The van der Waals surface area contributed by atoms with Crippen molar-refractivity contribution < 1.29 is 4.79 Å². The Bertz CT molecular complexity index is 1130. The third-order valence-electron chi connectivity index (χ3n) is 4.39. The van der Waals surface area contributed by atoms with Crippen LogP contribution >= 0.6 is 0 Å². The van der Waals surface area contributed by atoms with Gasteiger partial charge in [-0.2, -0.15) is 5.10 Å². The maximum Gasteiger partial charge on any atom is 0.257 e. The largest absolute Gasteiger partial charge is 0.336 e. The second-order valence-corrected chi connectivity index (χ2v) is 6.40. The minimum Gasteiger partial charge on any atom is -0.336 e. The second kappa shape index (κ2) is 7.93. The van der Waals surface area contributed by atoms with Crippen LogP contribution in [0.5, 0.6) is 0 Å². The molecule has 9 heteroatoms. The predicted molar refractivity (Wildman–Crippen MR) is 105 cm³/mol. The van der Waals surface area contributed by atoms with Crippen molar-refractivity contribution in [2.75, 3.05) is 7.05 Å². The van der Waals surface area contributed by atoms with E-state index in [1.54, 1.807) is 59.9 Å². The number of pyridine rings is 1. The highest BCUT2D eigenvalue weighted by atomic mass is 16.2. The van der Waals surface area contributed by atoms with Gasteiger partial charge in [0.25, 0.3) is 11.9 Å². The van der Waals surface area contributed by atoms with E-state index in [1.165, 1.54) is 6.20 Å². The van der Waals surface area contributed by atoms with Crippen LogP contribution in [0, 0.1) is 6.92 Å². The summed E-state index contributed by atoms with van der Waals surface area (Å²) in [4.78, 5) is 35.7. The van der Waals surface area contributed by atoms with Gasteiger partial charge in [0, 0.05) is 43.6 Å². The average molecular weight is 386 g/mol. The van der Waals surface area contributed by atoms with Crippen LogP contribution in [0.25, 0.3) is 17.2 Å². The van der Waals surface area contributed by atoms with E-state index in [9.17, 15) is 4.79 Å². The zero-order valence-electron chi connectivity index (χ0n) is 16.0. The molecule has 0 radical (unpaired) electrons. The molecule has 4 aromatic rings. The average Bonchev–Trinajstić information content (AvgIpc) is 3.16. The lowest BCUT2D eigenvalue weighted by molar-refractivity contribution is 0.0782. The van der Waals surface area contributed by atoms with Crippen molar-refractivity contribution in [3.63, 3.8) is 0 Å². The second-order valence-electron chi connectivity index (χ2n) is 6.40. The summed E-state index contributed by atoms with van der Waals surface area (Å²) in [6.45, 7) is 2.17. The molecule has 4 aromatic heterocycles. The summed E-state index contributed by atoms with van der Waals surface area (Å²) in [5.41, 5.74) is 3.45. The number of amides is 1. The van der Waals surface area contributed by atoms with Gasteiger partial charge in [0.05, 0.1) is 41.6 Å². The molecule has 1 amide bonds. The minimum atomic E-state index is -0.164. The highest BCUT2D eigenvalue weighted by Crippen LogP contribution is 2.18. The number of hydrogen-bond donors (Lipinski definition) is 0. The van der Waals surface area contributed by atoms with Crippen molar-refractivity contribution in [2.45, 2.75) is 13.5 Å². The zero-order valence-corrected chi connectivity index (χ0v) is 16.0. The van der Waals surface area contributed by atoms with Crippen LogP contribution in [0.4, 0.5) is 0 Å². The fourth-order valence-corrected chi connectivity index (χ4v) is 2.88. The molecule has 4 heterocycles. The predicted octanol–water partition coefficient (Wildman–Crippen LogP) is 2.09. The van der Waals surface area contributed by atoms with E-state index in [2.05, 4.69) is 30.0 Å². The Morgan fingerprint density at radius 2 is 1.90 bits per heavy atom. The van der Waals surface area contributed by atoms with Crippen molar-refractivity contribution >= 4 is 5.91 Å². The van der Waals surface area contributed by atoms with E-state index in [1.807, 2.05) is 19.1 Å². The highest BCUT2D eigenvalue weighted by Gasteiger charge is 2.20. The summed E-state index contributed by atoms with van der Waals surface area (Å²) in [7, 11) is 1.72. The molecule has 0 unspecified atom stereocenters. The van der Waals surface area contributed by atoms with E-state index >= 15 is 0 Å². The van der Waals surface area contributed by atoms with Crippen LogP contribution in [0.2, 0.25) is 0 Å². The highest BCUT2D eigenvalue weighted by molar-refractivity contribution is 5.95. The van der Waals surface area contributed by atoms with Gasteiger partial charge in [0.15, 0.2) is 0 Å². The number of carbonyl (C=O) groups excluding carboxylic acids is 1. The van der Waals surface area contributed by atoms with Crippen LogP contribution in [-0.4, -0.2) is 52.6 Å². The Morgan fingerprint density at radius 1 is 1.03 bits per heavy atom. The van der Waals surface area contributed by atoms with E-state index < -0.39 is 0 Å². The molecule has 0 aliphatic carbocycles. The van der Waals surface area contributed by atoms with Crippen molar-refractivity contribution in [3.05, 3.63) is 78.5 Å². The van der Waals surface area contributed by atoms with Crippen LogP contribution < -0.4 is 0 Å². The number of carbonyl (C=O) groups is 1. The smallest absolute Gasteiger partial charge is 0.257 e. The summed E-state index contributed by atoms with van der Waals surface area (Å²) in [5, 5.41) is 4.33. The molecule has 0 spiro atoms. The van der Waals surface area contributed by atoms with Gasteiger partial charge in [0.1, 0.15) is 0 Å². The summed E-state index contributed by atoms with van der Waals surface area (Å²) >= 11 is 0. The Balaban J connectivity index is 1.60. The molecule has 9 nitrogen and oxygen atoms in total. The molecule has 0 saturated carbocycles. The van der Waals surface area contributed by atoms with Crippen LogP contribution in [0.15, 0.2) is 61.6 Å². The maximum atomic E-state index is 12.9. The topological polar surface area (TPSA) is 103 Å². The van der Waals surface area contributed by atoms with E-state index in [-0.39, 0.29) is 5.91 Å². The Hall–Kier alpha value is -4.01. The van der Waals surface area contributed by atoms with Crippen LogP contribution in [0.1, 0.15) is 21.7 Å². The Morgan fingerprint density at radius 3 is 2.66 bits per heavy atom. The van der Waals surface area contributed by atoms with Crippen molar-refractivity contribution in [2.24, 2.45) is 0 Å². The molecule has 4 rings (SSSR count). The Labute approximate surface area is 167 Å². The number of nitrogens with zero attached hydrogens (tertiary/aromatic N) is 8. The van der Waals surface area contributed by atoms with Crippen molar-refractivity contribution in [1.29, 1.82) is 0 Å². The Kier molecular flexibility index (Phi) is 5.02. The molecule has 0 aliphatic heterocycles. The van der Waals surface area contributed by atoms with Crippen molar-refractivity contribution in [3.8, 4) is 17.2 Å².